The van der Waals surface area contributed by atoms with Crippen molar-refractivity contribution in [3.8, 4) is 11.5 Å². The van der Waals surface area contributed by atoms with Gasteiger partial charge in [0.1, 0.15) is 18.1 Å². The van der Waals surface area contributed by atoms with Crippen LogP contribution >= 0.6 is 15.9 Å². The third kappa shape index (κ3) is 6.39. The number of nitrogens with zero attached hydrogens (tertiary/aromatic N) is 1. The van der Waals surface area contributed by atoms with Gasteiger partial charge < -0.3 is 9.47 Å². The third-order valence-corrected chi connectivity index (χ3v) is 4.81. The van der Waals surface area contributed by atoms with Crippen molar-refractivity contribution in [2.24, 2.45) is 5.10 Å². The first kappa shape index (κ1) is 23.0. The van der Waals surface area contributed by atoms with E-state index in [1.165, 1.54) is 6.21 Å². The fraction of sp³-hybridized carbons (Fsp3) is 0.0800. The number of halogens is 1. The molecular weight excluding hydrogens is 472 g/mol. The summed E-state index contributed by atoms with van der Waals surface area (Å²) in [6.45, 7) is 5.92. The lowest BCUT2D eigenvalue weighted by Gasteiger charge is -2.08. The molecule has 7 heteroatoms. The van der Waals surface area contributed by atoms with Gasteiger partial charge in [-0.15, -0.1) is 0 Å². The molecule has 3 aromatic rings. The van der Waals surface area contributed by atoms with Crippen LogP contribution in [0, 0.1) is 6.92 Å². The molecular formula is C25H21BrN2O4. The van der Waals surface area contributed by atoms with Crippen LogP contribution in [0.15, 0.2) is 89.0 Å². The summed E-state index contributed by atoms with van der Waals surface area (Å²) in [5, 5.41) is 4.00. The van der Waals surface area contributed by atoms with Crippen LogP contribution < -0.4 is 14.9 Å². The lowest BCUT2D eigenvalue weighted by molar-refractivity contribution is 0.0734. The summed E-state index contributed by atoms with van der Waals surface area (Å²) < 4.78 is 11.7. The van der Waals surface area contributed by atoms with E-state index in [1.807, 2.05) is 19.1 Å². The second kappa shape index (κ2) is 11.1. The van der Waals surface area contributed by atoms with Crippen LogP contribution in [0.2, 0.25) is 0 Å². The monoisotopic (exact) mass is 492 g/mol. The maximum atomic E-state index is 12.5. The van der Waals surface area contributed by atoms with Gasteiger partial charge in [-0.25, -0.2) is 10.2 Å². The number of carbonyl (C=O) groups excluding carboxylic acids is 2. The zero-order chi connectivity index (χ0) is 22.9. The number of amides is 1. The molecule has 1 amide bonds. The van der Waals surface area contributed by atoms with E-state index in [9.17, 15) is 9.59 Å². The van der Waals surface area contributed by atoms with E-state index in [-0.39, 0.29) is 5.91 Å². The van der Waals surface area contributed by atoms with Gasteiger partial charge in [0, 0.05) is 15.6 Å². The van der Waals surface area contributed by atoms with Crippen LogP contribution in [-0.4, -0.2) is 24.7 Å². The molecule has 0 fully saturated rings. The molecule has 0 aliphatic heterocycles. The van der Waals surface area contributed by atoms with Gasteiger partial charge in [-0.05, 0) is 61.5 Å². The number of aryl methyl sites for hydroxylation is 1. The minimum Gasteiger partial charge on any atom is -0.490 e. The van der Waals surface area contributed by atoms with E-state index in [0.717, 1.165) is 10.0 Å². The fourth-order valence-corrected chi connectivity index (χ4v) is 3.02. The molecule has 0 radical (unpaired) electrons. The molecule has 0 unspecified atom stereocenters. The Morgan fingerprint density at radius 2 is 1.72 bits per heavy atom. The van der Waals surface area contributed by atoms with E-state index in [2.05, 4.69) is 33.0 Å². The minimum atomic E-state index is -0.482. The Hall–Kier alpha value is -3.71. The highest BCUT2D eigenvalue weighted by Crippen LogP contribution is 2.23. The molecule has 0 saturated heterocycles. The molecule has 0 bridgehead atoms. The quantitative estimate of drug-likeness (QED) is 0.152. The third-order valence-electron chi connectivity index (χ3n) is 4.32. The average molecular weight is 493 g/mol. The zero-order valence-corrected chi connectivity index (χ0v) is 19.0. The number of nitrogens with one attached hydrogen (secondary N) is 1. The molecule has 0 atom stereocenters. The van der Waals surface area contributed by atoms with Crippen LogP contribution in [0.25, 0.3) is 0 Å². The lowest BCUT2D eigenvalue weighted by atomic mass is 10.1. The van der Waals surface area contributed by atoms with E-state index >= 15 is 0 Å². The van der Waals surface area contributed by atoms with Gasteiger partial charge in [0.2, 0.25) is 0 Å². The van der Waals surface area contributed by atoms with E-state index < -0.39 is 5.97 Å². The summed E-state index contributed by atoms with van der Waals surface area (Å²) in [5.74, 6) is 0.0918. The number of ether oxygens (including phenoxy) is 2. The SMILES string of the molecule is C=CCOc1ccc(C(=O)N/N=C/c2cc(Br)ccc2OC(=O)c2ccc(C)cc2)cc1. The number of hydrogen-bond donors (Lipinski definition) is 1. The number of hydrazone groups is 1. The number of rotatable bonds is 8. The summed E-state index contributed by atoms with van der Waals surface area (Å²) in [6, 6.07) is 18.9. The Bertz CT molecular complexity index is 1140. The first-order chi connectivity index (χ1) is 15.5. The highest BCUT2D eigenvalue weighted by molar-refractivity contribution is 9.10. The van der Waals surface area contributed by atoms with Crippen molar-refractivity contribution in [2.45, 2.75) is 6.92 Å². The minimum absolute atomic E-state index is 0.320. The predicted octanol–water partition coefficient (Wildman–Crippen LogP) is 5.31. The normalized spacial score (nSPS) is 10.6. The highest BCUT2D eigenvalue weighted by atomic mass is 79.9. The summed E-state index contributed by atoms with van der Waals surface area (Å²) in [7, 11) is 0. The Kier molecular flexibility index (Phi) is 7.94. The largest absolute Gasteiger partial charge is 0.490 e. The number of benzene rings is 3. The standard InChI is InChI=1S/C25H21BrN2O4/c1-3-14-31-22-11-8-18(9-12-22)24(29)28-27-16-20-15-21(26)10-13-23(20)32-25(30)19-6-4-17(2)5-7-19/h3-13,15-16H,1,14H2,2H3,(H,28,29)/b27-16+. The van der Waals surface area contributed by atoms with Gasteiger partial charge in [0.05, 0.1) is 11.8 Å². The topological polar surface area (TPSA) is 77.0 Å². The summed E-state index contributed by atoms with van der Waals surface area (Å²) in [5.41, 5.74) is 4.90. The van der Waals surface area contributed by atoms with E-state index in [4.69, 9.17) is 9.47 Å². The molecule has 3 rings (SSSR count). The molecule has 0 aromatic heterocycles. The van der Waals surface area contributed by atoms with Crippen LogP contribution in [0.3, 0.4) is 0 Å². The van der Waals surface area contributed by atoms with Crippen molar-refractivity contribution < 1.29 is 19.1 Å². The van der Waals surface area contributed by atoms with Crippen molar-refractivity contribution >= 4 is 34.0 Å². The maximum Gasteiger partial charge on any atom is 0.343 e. The molecule has 1 N–H and O–H groups in total. The van der Waals surface area contributed by atoms with Crippen LogP contribution in [0.1, 0.15) is 31.8 Å². The predicted molar refractivity (Wildman–Crippen MR) is 127 cm³/mol. The first-order valence-electron chi connectivity index (χ1n) is 9.72. The molecule has 6 nitrogen and oxygen atoms in total. The van der Waals surface area contributed by atoms with Gasteiger partial charge in [-0.1, -0.05) is 46.3 Å². The second-order valence-electron chi connectivity index (χ2n) is 6.76. The molecule has 3 aromatic carbocycles. The Labute approximate surface area is 194 Å². The summed E-state index contributed by atoms with van der Waals surface area (Å²) in [4.78, 5) is 24.8. The first-order valence-corrected chi connectivity index (χ1v) is 10.5. The molecule has 32 heavy (non-hydrogen) atoms. The summed E-state index contributed by atoms with van der Waals surface area (Å²) in [6.07, 6.45) is 3.06. The molecule has 162 valence electrons. The molecule has 0 aliphatic carbocycles. The van der Waals surface area contributed by atoms with Gasteiger partial charge in [0.25, 0.3) is 5.91 Å². The van der Waals surface area contributed by atoms with Crippen molar-refractivity contribution in [3.05, 3.63) is 106 Å². The van der Waals surface area contributed by atoms with Crippen LogP contribution in [0.5, 0.6) is 11.5 Å². The average Bonchev–Trinajstić information content (AvgIpc) is 2.80. The van der Waals surface area contributed by atoms with Crippen molar-refractivity contribution in [3.63, 3.8) is 0 Å². The van der Waals surface area contributed by atoms with Crippen LogP contribution in [-0.2, 0) is 0 Å². The maximum absolute atomic E-state index is 12.5. The number of hydrogen-bond acceptors (Lipinski definition) is 5. The molecule has 0 spiro atoms. The van der Waals surface area contributed by atoms with Crippen LogP contribution in [0.4, 0.5) is 0 Å². The Balaban J connectivity index is 1.67. The number of esters is 1. The van der Waals surface area contributed by atoms with Crippen molar-refractivity contribution in [1.82, 2.24) is 5.43 Å². The highest BCUT2D eigenvalue weighted by Gasteiger charge is 2.12. The van der Waals surface area contributed by atoms with Gasteiger partial charge in [-0.2, -0.15) is 5.10 Å². The second-order valence-corrected chi connectivity index (χ2v) is 7.68. The zero-order valence-electron chi connectivity index (χ0n) is 17.4. The van der Waals surface area contributed by atoms with Gasteiger partial charge in [-0.3, -0.25) is 4.79 Å². The molecule has 0 aliphatic rings. The van der Waals surface area contributed by atoms with Gasteiger partial charge in [0.15, 0.2) is 0 Å². The van der Waals surface area contributed by atoms with Gasteiger partial charge >= 0.3 is 5.97 Å². The van der Waals surface area contributed by atoms with E-state index in [0.29, 0.717) is 34.8 Å². The van der Waals surface area contributed by atoms with Crippen molar-refractivity contribution in [1.29, 1.82) is 0 Å². The number of carbonyl (C=O) groups is 2. The lowest BCUT2D eigenvalue weighted by Crippen LogP contribution is -2.17. The fourth-order valence-electron chi connectivity index (χ4n) is 2.64. The Morgan fingerprint density at radius 1 is 1.03 bits per heavy atom. The van der Waals surface area contributed by atoms with E-state index in [1.54, 1.807) is 60.7 Å². The molecule has 0 heterocycles. The van der Waals surface area contributed by atoms with Crippen molar-refractivity contribution in [2.75, 3.05) is 6.61 Å². The molecule has 0 saturated carbocycles. The Morgan fingerprint density at radius 3 is 2.41 bits per heavy atom. The smallest absolute Gasteiger partial charge is 0.343 e. The summed E-state index contributed by atoms with van der Waals surface area (Å²) >= 11 is 3.39.